The Bertz CT molecular complexity index is 1180. The molecule has 1 unspecified atom stereocenters. The number of benzene rings is 1. The highest BCUT2D eigenvalue weighted by molar-refractivity contribution is 5.95. The Hall–Kier alpha value is -3.55. The molecule has 1 heterocycles. The Morgan fingerprint density at radius 2 is 1.79 bits per heavy atom. The maximum Gasteiger partial charge on any atom is 0.227 e. The number of rotatable bonds is 5. The van der Waals surface area contributed by atoms with Crippen molar-refractivity contribution in [3.8, 4) is 28.4 Å². The van der Waals surface area contributed by atoms with E-state index in [1.807, 2.05) is 12.1 Å². The minimum Gasteiger partial charge on any atom is -0.493 e. The molecule has 8 heteroatoms. The molecule has 0 radical (unpaired) electrons. The van der Waals surface area contributed by atoms with Gasteiger partial charge in [0, 0.05) is 25.5 Å². The van der Waals surface area contributed by atoms with E-state index in [-0.39, 0.29) is 23.3 Å². The Kier molecular flexibility index (Phi) is 6.26. The van der Waals surface area contributed by atoms with E-state index >= 15 is 0 Å². The first-order chi connectivity index (χ1) is 15.9. The van der Waals surface area contributed by atoms with Gasteiger partial charge in [0.1, 0.15) is 0 Å². The quantitative estimate of drug-likeness (QED) is 0.750. The van der Waals surface area contributed by atoms with E-state index < -0.39 is 0 Å². The molecule has 1 aliphatic heterocycles. The summed E-state index contributed by atoms with van der Waals surface area (Å²) in [6.45, 7) is 1.97. The second-order valence-electron chi connectivity index (χ2n) is 8.22. The molecule has 1 saturated heterocycles. The summed E-state index contributed by atoms with van der Waals surface area (Å²) in [6, 6.07) is 6.61. The second kappa shape index (κ2) is 9.13. The average Bonchev–Trinajstić information content (AvgIpc) is 3.07. The van der Waals surface area contributed by atoms with Crippen LogP contribution >= 0.6 is 0 Å². The van der Waals surface area contributed by atoms with Crippen LogP contribution in [0.15, 0.2) is 29.1 Å². The first-order valence-electron chi connectivity index (χ1n) is 11.0. The van der Waals surface area contributed by atoms with Crippen LogP contribution in [0.1, 0.15) is 43.4 Å². The third kappa shape index (κ3) is 4.01. The predicted molar refractivity (Wildman–Crippen MR) is 124 cm³/mol. The molecule has 174 valence electrons. The van der Waals surface area contributed by atoms with Crippen molar-refractivity contribution in [1.82, 2.24) is 5.32 Å². The zero-order chi connectivity index (χ0) is 23.7. The number of nitrogens with zero attached hydrogens (tertiary/aromatic N) is 1. The van der Waals surface area contributed by atoms with Crippen molar-refractivity contribution in [3.05, 3.63) is 45.6 Å². The monoisotopic (exact) mass is 452 g/mol. The molecule has 1 N–H and O–H groups in total. The van der Waals surface area contributed by atoms with Crippen LogP contribution in [0.5, 0.6) is 17.2 Å². The molecule has 1 atom stereocenters. The lowest BCUT2D eigenvalue weighted by Gasteiger charge is -2.19. The van der Waals surface area contributed by atoms with E-state index in [0.717, 1.165) is 23.1 Å². The molecule has 1 fully saturated rings. The number of anilines is 1. The highest BCUT2D eigenvalue weighted by atomic mass is 16.5. The van der Waals surface area contributed by atoms with Crippen molar-refractivity contribution >= 4 is 17.5 Å². The van der Waals surface area contributed by atoms with Gasteiger partial charge < -0.3 is 24.4 Å². The number of fused-ring (bicyclic) bond motifs is 3. The topological polar surface area (TPSA) is 94.2 Å². The van der Waals surface area contributed by atoms with Gasteiger partial charge in [-0.2, -0.15) is 0 Å². The molecule has 8 nitrogen and oxygen atoms in total. The Morgan fingerprint density at radius 3 is 2.39 bits per heavy atom. The standard InChI is InChI=1S/C25H28N2O6/c1-14(28)26-18-9-7-15-12-21(31-2)24(32-3)25(33-4)23(15)16-8-10-19(20(29)13-17(16)18)27-11-5-6-22(27)30/h8,10,12-13,18H,5-7,9,11H2,1-4H3,(H,26,28). The summed E-state index contributed by atoms with van der Waals surface area (Å²) in [5, 5.41) is 2.98. The number of methoxy groups -OCH3 is 3. The van der Waals surface area contributed by atoms with Crippen molar-refractivity contribution in [1.29, 1.82) is 0 Å². The van der Waals surface area contributed by atoms with Gasteiger partial charge in [0.15, 0.2) is 11.5 Å². The lowest BCUT2D eigenvalue weighted by molar-refractivity contribution is -0.120. The minimum atomic E-state index is -0.381. The number of carbonyl (C=O) groups is 2. The number of hydrogen-bond donors (Lipinski definition) is 1. The highest BCUT2D eigenvalue weighted by Crippen LogP contribution is 2.50. The molecule has 4 rings (SSSR count). The van der Waals surface area contributed by atoms with Crippen molar-refractivity contribution in [3.63, 3.8) is 0 Å². The fraction of sp³-hybridized carbons (Fsp3) is 0.400. The maximum atomic E-state index is 13.3. The molecule has 1 aliphatic carbocycles. The van der Waals surface area contributed by atoms with E-state index in [0.29, 0.717) is 54.3 Å². The molecular formula is C25H28N2O6. The van der Waals surface area contributed by atoms with Crippen molar-refractivity contribution in [2.24, 2.45) is 0 Å². The number of nitrogens with one attached hydrogen (secondary N) is 1. The van der Waals surface area contributed by atoms with E-state index in [9.17, 15) is 14.4 Å². The maximum absolute atomic E-state index is 13.3. The molecule has 33 heavy (non-hydrogen) atoms. The summed E-state index contributed by atoms with van der Waals surface area (Å²) < 4.78 is 16.9. The third-order valence-electron chi connectivity index (χ3n) is 6.26. The summed E-state index contributed by atoms with van der Waals surface area (Å²) in [7, 11) is 4.67. The van der Waals surface area contributed by atoms with E-state index in [1.165, 1.54) is 6.92 Å². The molecule has 0 saturated carbocycles. The molecule has 2 amide bonds. The van der Waals surface area contributed by atoms with Crippen LogP contribution in [-0.2, 0) is 16.0 Å². The smallest absolute Gasteiger partial charge is 0.227 e. The first kappa shape index (κ1) is 22.6. The lowest BCUT2D eigenvalue weighted by atomic mass is 9.95. The number of amides is 2. The van der Waals surface area contributed by atoms with Crippen LogP contribution in [0.4, 0.5) is 5.69 Å². The number of aryl methyl sites for hydroxylation is 1. The molecular weight excluding hydrogens is 424 g/mol. The average molecular weight is 453 g/mol. The largest absolute Gasteiger partial charge is 0.493 e. The highest BCUT2D eigenvalue weighted by Gasteiger charge is 2.30. The fourth-order valence-electron chi connectivity index (χ4n) is 4.83. The molecule has 0 spiro atoms. The van der Waals surface area contributed by atoms with Gasteiger partial charge in [-0.25, -0.2) is 0 Å². The van der Waals surface area contributed by atoms with Crippen LogP contribution in [0.3, 0.4) is 0 Å². The minimum absolute atomic E-state index is 0.0590. The van der Waals surface area contributed by atoms with Crippen molar-refractivity contribution in [2.45, 2.75) is 38.6 Å². The first-order valence-corrected chi connectivity index (χ1v) is 11.0. The summed E-state index contributed by atoms with van der Waals surface area (Å²) in [5.41, 5.74) is 3.24. The van der Waals surface area contributed by atoms with E-state index in [4.69, 9.17) is 14.2 Å². The van der Waals surface area contributed by atoms with Crippen LogP contribution in [0, 0.1) is 0 Å². The molecule has 2 aromatic carbocycles. The van der Waals surface area contributed by atoms with Crippen molar-refractivity contribution in [2.75, 3.05) is 32.8 Å². The van der Waals surface area contributed by atoms with E-state index in [2.05, 4.69) is 5.32 Å². The third-order valence-corrected chi connectivity index (χ3v) is 6.26. The summed E-state index contributed by atoms with van der Waals surface area (Å²) in [4.78, 5) is 39.2. The lowest BCUT2D eigenvalue weighted by Crippen LogP contribution is -2.29. The van der Waals surface area contributed by atoms with Gasteiger partial charge in [-0.3, -0.25) is 14.4 Å². The van der Waals surface area contributed by atoms with Gasteiger partial charge >= 0.3 is 0 Å². The van der Waals surface area contributed by atoms with Crippen LogP contribution in [0.25, 0.3) is 11.1 Å². The Balaban J connectivity index is 2.04. The fourth-order valence-corrected chi connectivity index (χ4v) is 4.83. The van der Waals surface area contributed by atoms with Gasteiger partial charge in [-0.1, -0.05) is 6.07 Å². The van der Waals surface area contributed by atoms with Gasteiger partial charge in [0.25, 0.3) is 0 Å². The molecule has 0 aromatic heterocycles. The van der Waals surface area contributed by atoms with Gasteiger partial charge in [-0.15, -0.1) is 0 Å². The predicted octanol–water partition coefficient (Wildman–Crippen LogP) is 2.99. The van der Waals surface area contributed by atoms with Gasteiger partial charge in [0.2, 0.25) is 23.0 Å². The van der Waals surface area contributed by atoms with E-state index in [1.54, 1.807) is 38.4 Å². The van der Waals surface area contributed by atoms with Crippen LogP contribution in [0.2, 0.25) is 0 Å². The van der Waals surface area contributed by atoms with Gasteiger partial charge in [-0.05, 0) is 54.2 Å². The Labute approximate surface area is 192 Å². The summed E-state index contributed by atoms with van der Waals surface area (Å²) >= 11 is 0. The van der Waals surface area contributed by atoms with Crippen LogP contribution < -0.4 is 29.9 Å². The number of hydrogen-bond acceptors (Lipinski definition) is 6. The van der Waals surface area contributed by atoms with Crippen molar-refractivity contribution < 1.29 is 23.8 Å². The number of carbonyl (C=O) groups excluding carboxylic acids is 2. The SMILES string of the molecule is COc1cc2c(c(OC)c1OC)-c1ccc(N3CCCC3=O)c(=O)cc1C(NC(C)=O)CC2. The zero-order valence-corrected chi connectivity index (χ0v) is 19.3. The molecule has 0 bridgehead atoms. The molecule has 2 aliphatic rings. The molecule has 2 aromatic rings. The number of ether oxygens (including phenoxy) is 3. The zero-order valence-electron chi connectivity index (χ0n) is 19.3. The Morgan fingerprint density at radius 1 is 1.03 bits per heavy atom. The van der Waals surface area contributed by atoms with Crippen LogP contribution in [-0.4, -0.2) is 39.7 Å². The normalized spacial score (nSPS) is 17.0. The van der Waals surface area contributed by atoms with Gasteiger partial charge in [0.05, 0.1) is 33.1 Å². The summed E-state index contributed by atoms with van der Waals surface area (Å²) in [5.74, 6) is 1.24. The second-order valence-corrected chi connectivity index (χ2v) is 8.22. The summed E-state index contributed by atoms with van der Waals surface area (Å²) in [6.07, 6.45) is 2.36.